The minimum atomic E-state index is -0.0855. The molecule has 0 spiro atoms. The van der Waals surface area contributed by atoms with E-state index in [1.54, 1.807) is 12.1 Å². The average Bonchev–Trinajstić information content (AvgIpc) is 2.98. The van der Waals surface area contributed by atoms with Crippen molar-refractivity contribution in [3.8, 4) is 11.5 Å². The van der Waals surface area contributed by atoms with Crippen LogP contribution in [0.1, 0.15) is 32.6 Å². The van der Waals surface area contributed by atoms with Gasteiger partial charge in [0.1, 0.15) is 18.1 Å². The maximum atomic E-state index is 12.7. The smallest absolute Gasteiger partial charge is 0.232 e. The summed E-state index contributed by atoms with van der Waals surface area (Å²) in [6, 6.07) is 21.6. The van der Waals surface area contributed by atoms with Gasteiger partial charge in [0.05, 0.1) is 5.56 Å². The summed E-state index contributed by atoms with van der Waals surface area (Å²) in [5, 5.41) is 0. The van der Waals surface area contributed by atoms with E-state index in [4.69, 9.17) is 9.47 Å². The van der Waals surface area contributed by atoms with E-state index in [0.29, 0.717) is 29.4 Å². The molecule has 3 aromatic rings. The fraction of sp³-hybridized carbons (Fsp3) is 0.125. The number of Topliss-reactive ketones (excluding diaryl/α,β-unsaturated/α-hetero) is 1. The molecule has 0 saturated heterocycles. The number of allylic oxidation sites excluding steroid dienone is 1. The molecule has 3 heteroatoms. The molecule has 0 amide bonds. The molecule has 0 radical (unpaired) electrons. The van der Waals surface area contributed by atoms with Gasteiger partial charge in [-0.25, -0.2) is 0 Å². The molecule has 0 atom stereocenters. The molecule has 1 heterocycles. The lowest BCUT2D eigenvalue weighted by Gasteiger charge is -2.09. The summed E-state index contributed by atoms with van der Waals surface area (Å²) in [6.45, 7) is 4.41. The van der Waals surface area contributed by atoms with E-state index in [0.717, 1.165) is 16.7 Å². The third-order valence-electron chi connectivity index (χ3n) is 4.57. The van der Waals surface area contributed by atoms with Gasteiger partial charge in [0.15, 0.2) is 5.76 Å². The Morgan fingerprint density at radius 2 is 1.70 bits per heavy atom. The Bertz CT molecular complexity index is 1020. The minimum Gasteiger partial charge on any atom is -0.489 e. The van der Waals surface area contributed by atoms with Crippen LogP contribution < -0.4 is 9.47 Å². The van der Waals surface area contributed by atoms with Crippen molar-refractivity contribution in [2.24, 2.45) is 0 Å². The van der Waals surface area contributed by atoms with E-state index < -0.39 is 0 Å². The van der Waals surface area contributed by atoms with E-state index in [2.05, 4.69) is 0 Å². The number of rotatable bonds is 4. The number of carbonyl (C=O) groups is 1. The fourth-order valence-corrected chi connectivity index (χ4v) is 3.12. The van der Waals surface area contributed by atoms with Gasteiger partial charge >= 0.3 is 0 Å². The maximum absolute atomic E-state index is 12.7. The number of hydrogen-bond acceptors (Lipinski definition) is 3. The number of benzene rings is 3. The molecule has 0 unspecified atom stereocenters. The van der Waals surface area contributed by atoms with Crippen molar-refractivity contribution in [1.29, 1.82) is 0 Å². The Morgan fingerprint density at radius 1 is 0.963 bits per heavy atom. The van der Waals surface area contributed by atoms with Gasteiger partial charge in [0.25, 0.3) is 0 Å². The van der Waals surface area contributed by atoms with Crippen molar-refractivity contribution < 1.29 is 14.3 Å². The van der Waals surface area contributed by atoms with Gasteiger partial charge in [-0.15, -0.1) is 0 Å². The van der Waals surface area contributed by atoms with Gasteiger partial charge in [-0.05, 0) is 42.7 Å². The first-order valence-corrected chi connectivity index (χ1v) is 8.92. The Balaban J connectivity index is 1.57. The average molecular weight is 356 g/mol. The van der Waals surface area contributed by atoms with Crippen LogP contribution in [0.4, 0.5) is 0 Å². The first-order valence-electron chi connectivity index (χ1n) is 8.92. The monoisotopic (exact) mass is 356 g/mol. The molecular formula is C24H20O3. The zero-order chi connectivity index (χ0) is 18.8. The van der Waals surface area contributed by atoms with Crippen LogP contribution in [0.5, 0.6) is 11.5 Å². The fourth-order valence-electron chi connectivity index (χ4n) is 3.12. The van der Waals surface area contributed by atoms with Crippen molar-refractivity contribution in [3.05, 3.63) is 100 Å². The Kier molecular flexibility index (Phi) is 4.51. The highest BCUT2D eigenvalue weighted by atomic mass is 16.5. The first-order chi connectivity index (χ1) is 13.1. The lowest BCUT2D eigenvalue weighted by Crippen LogP contribution is -2.00. The van der Waals surface area contributed by atoms with Crippen LogP contribution in [0.15, 0.2) is 72.5 Å². The molecule has 134 valence electrons. The standard InChI is InChI=1S/C24H20O3/c1-16-8-10-18(11-9-16)13-22-24(25)23-17(2)12-20(14-21(23)27-22)26-15-19-6-4-3-5-7-19/h3-14H,15H2,1-2H3/b22-13-. The van der Waals surface area contributed by atoms with Crippen LogP contribution in [0, 0.1) is 13.8 Å². The summed E-state index contributed by atoms with van der Waals surface area (Å²) in [5.74, 6) is 1.51. The Labute approximate surface area is 158 Å². The lowest BCUT2D eigenvalue weighted by molar-refractivity contribution is 0.101. The van der Waals surface area contributed by atoms with Gasteiger partial charge in [-0.2, -0.15) is 0 Å². The summed E-state index contributed by atoms with van der Waals surface area (Å²) in [6.07, 6.45) is 1.78. The molecule has 27 heavy (non-hydrogen) atoms. The van der Waals surface area contributed by atoms with Crippen LogP contribution in [0.3, 0.4) is 0 Å². The number of ether oxygens (including phenoxy) is 2. The first kappa shape index (κ1) is 17.1. The molecule has 3 nitrogen and oxygen atoms in total. The van der Waals surface area contributed by atoms with Crippen molar-refractivity contribution in [2.45, 2.75) is 20.5 Å². The summed E-state index contributed by atoms with van der Waals surface area (Å²) in [5.41, 5.74) is 4.67. The van der Waals surface area contributed by atoms with Crippen LogP contribution in [0.25, 0.3) is 6.08 Å². The zero-order valence-corrected chi connectivity index (χ0v) is 15.4. The Hall–Kier alpha value is -3.33. The number of hydrogen-bond donors (Lipinski definition) is 0. The third-order valence-corrected chi connectivity index (χ3v) is 4.57. The van der Waals surface area contributed by atoms with E-state index in [1.807, 2.05) is 74.5 Å². The molecule has 0 aliphatic carbocycles. The van der Waals surface area contributed by atoms with Crippen molar-refractivity contribution in [3.63, 3.8) is 0 Å². The van der Waals surface area contributed by atoms with E-state index >= 15 is 0 Å². The summed E-state index contributed by atoms with van der Waals surface area (Å²) in [7, 11) is 0. The molecule has 1 aliphatic rings. The van der Waals surface area contributed by atoms with Gasteiger partial charge in [0.2, 0.25) is 5.78 Å². The molecule has 0 aromatic heterocycles. The predicted molar refractivity (Wildman–Crippen MR) is 106 cm³/mol. The molecule has 4 rings (SSSR count). The predicted octanol–water partition coefficient (Wildman–Crippen LogP) is 5.50. The molecule has 0 bridgehead atoms. The second-order valence-electron chi connectivity index (χ2n) is 6.74. The van der Waals surface area contributed by atoms with E-state index in [1.165, 1.54) is 5.56 Å². The van der Waals surface area contributed by atoms with Crippen LogP contribution >= 0.6 is 0 Å². The second-order valence-corrected chi connectivity index (χ2v) is 6.74. The summed E-state index contributed by atoms with van der Waals surface area (Å²) in [4.78, 5) is 12.7. The molecule has 0 fully saturated rings. The Morgan fingerprint density at radius 3 is 2.44 bits per heavy atom. The highest BCUT2D eigenvalue weighted by molar-refractivity contribution is 6.15. The SMILES string of the molecule is Cc1ccc(/C=C2\Oc3cc(OCc4ccccc4)cc(C)c3C2=O)cc1. The quantitative estimate of drug-likeness (QED) is 0.579. The maximum Gasteiger partial charge on any atom is 0.232 e. The van der Waals surface area contributed by atoms with Gasteiger partial charge in [0, 0.05) is 6.07 Å². The largest absolute Gasteiger partial charge is 0.489 e. The second kappa shape index (κ2) is 7.12. The highest BCUT2D eigenvalue weighted by Crippen LogP contribution is 2.37. The number of ketones is 1. The number of aryl methyl sites for hydroxylation is 2. The van der Waals surface area contributed by atoms with Gasteiger partial charge < -0.3 is 9.47 Å². The normalized spacial score (nSPS) is 14.1. The van der Waals surface area contributed by atoms with Crippen LogP contribution in [-0.2, 0) is 6.61 Å². The zero-order valence-electron chi connectivity index (χ0n) is 15.4. The molecular weight excluding hydrogens is 336 g/mol. The lowest BCUT2D eigenvalue weighted by atomic mass is 10.0. The summed E-state index contributed by atoms with van der Waals surface area (Å²) < 4.78 is 11.7. The highest BCUT2D eigenvalue weighted by Gasteiger charge is 2.30. The van der Waals surface area contributed by atoms with Crippen LogP contribution in [-0.4, -0.2) is 5.78 Å². The van der Waals surface area contributed by atoms with Crippen molar-refractivity contribution in [2.75, 3.05) is 0 Å². The van der Waals surface area contributed by atoms with E-state index in [9.17, 15) is 4.79 Å². The number of fused-ring (bicyclic) bond motifs is 1. The number of carbonyl (C=O) groups excluding carboxylic acids is 1. The molecule has 3 aromatic carbocycles. The summed E-state index contributed by atoms with van der Waals surface area (Å²) >= 11 is 0. The minimum absolute atomic E-state index is 0.0855. The molecule has 0 N–H and O–H groups in total. The topological polar surface area (TPSA) is 35.5 Å². The third kappa shape index (κ3) is 3.63. The molecule has 0 saturated carbocycles. The van der Waals surface area contributed by atoms with Gasteiger partial charge in [-0.1, -0.05) is 60.2 Å². The van der Waals surface area contributed by atoms with Crippen LogP contribution in [0.2, 0.25) is 0 Å². The van der Waals surface area contributed by atoms with Gasteiger partial charge in [-0.3, -0.25) is 4.79 Å². The molecule has 1 aliphatic heterocycles. The van der Waals surface area contributed by atoms with Crippen molar-refractivity contribution in [1.82, 2.24) is 0 Å². The van der Waals surface area contributed by atoms with Crippen molar-refractivity contribution >= 4 is 11.9 Å². The van der Waals surface area contributed by atoms with E-state index in [-0.39, 0.29) is 5.78 Å².